The molecule has 0 atom stereocenters. The first-order valence-electron chi connectivity index (χ1n) is 18.6. The number of rotatable bonds is 5. The predicted octanol–water partition coefficient (Wildman–Crippen LogP) is 14.6. The van der Waals surface area contributed by atoms with Gasteiger partial charge < -0.3 is 0 Å². The van der Waals surface area contributed by atoms with E-state index >= 15 is 0 Å². The van der Waals surface area contributed by atoms with Crippen LogP contribution in [-0.4, -0.2) is 9.97 Å². The van der Waals surface area contributed by atoms with E-state index in [9.17, 15) is 0 Å². The molecule has 9 aromatic carbocycles. The summed E-state index contributed by atoms with van der Waals surface area (Å²) in [5, 5.41) is 10.1. The van der Waals surface area contributed by atoms with Crippen LogP contribution in [0.1, 0.15) is 0 Å². The number of thiophene rings is 1. The minimum absolute atomic E-state index is 0.702. The van der Waals surface area contributed by atoms with Gasteiger partial charge in [-0.15, -0.1) is 11.3 Å². The van der Waals surface area contributed by atoms with Gasteiger partial charge in [0.2, 0.25) is 0 Å². The molecular formula is C52H32N2S. The lowest BCUT2D eigenvalue weighted by molar-refractivity contribution is 1.18. The molecule has 0 bridgehead atoms. The van der Waals surface area contributed by atoms with Gasteiger partial charge in [-0.1, -0.05) is 158 Å². The van der Waals surface area contributed by atoms with Crippen molar-refractivity contribution in [1.29, 1.82) is 0 Å². The minimum atomic E-state index is 0.702. The maximum absolute atomic E-state index is 5.24. The van der Waals surface area contributed by atoms with Gasteiger partial charge in [-0.2, -0.15) is 0 Å². The first kappa shape index (κ1) is 31.6. The lowest BCUT2D eigenvalue weighted by atomic mass is 9.89. The second kappa shape index (κ2) is 12.9. The van der Waals surface area contributed by atoms with Crippen LogP contribution in [0.2, 0.25) is 0 Å². The summed E-state index contributed by atoms with van der Waals surface area (Å²) >= 11 is 1.85. The molecule has 3 heteroatoms. The predicted molar refractivity (Wildman–Crippen MR) is 235 cm³/mol. The van der Waals surface area contributed by atoms with E-state index in [1.807, 2.05) is 17.4 Å². The Labute approximate surface area is 322 Å². The first-order chi connectivity index (χ1) is 27.2. The Hall–Kier alpha value is -6.94. The Bertz CT molecular complexity index is 3250. The Morgan fingerprint density at radius 1 is 0.291 bits per heavy atom. The maximum atomic E-state index is 5.24. The Kier molecular flexibility index (Phi) is 7.39. The molecule has 0 amide bonds. The fourth-order valence-corrected chi connectivity index (χ4v) is 9.25. The third-order valence-corrected chi connectivity index (χ3v) is 12.0. The van der Waals surface area contributed by atoms with Gasteiger partial charge in [0.25, 0.3) is 0 Å². The van der Waals surface area contributed by atoms with Gasteiger partial charge in [-0.05, 0) is 91.0 Å². The second-order valence-electron chi connectivity index (χ2n) is 14.1. The van der Waals surface area contributed by atoms with Gasteiger partial charge in [0, 0.05) is 36.9 Å². The van der Waals surface area contributed by atoms with E-state index in [1.165, 1.54) is 69.2 Å². The van der Waals surface area contributed by atoms with Crippen LogP contribution in [-0.2, 0) is 0 Å². The normalized spacial score (nSPS) is 11.6. The zero-order chi connectivity index (χ0) is 36.3. The lowest BCUT2D eigenvalue weighted by Gasteiger charge is -2.15. The molecule has 256 valence electrons. The molecule has 0 N–H and O–H groups in total. The quantitative estimate of drug-likeness (QED) is 0.131. The third kappa shape index (κ3) is 5.48. The molecule has 2 aromatic heterocycles. The highest BCUT2D eigenvalue weighted by molar-refractivity contribution is 7.25. The zero-order valence-corrected chi connectivity index (χ0v) is 30.6. The fourth-order valence-electron chi connectivity index (χ4n) is 8.16. The van der Waals surface area contributed by atoms with Crippen LogP contribution in [0, 0.1) is 0 Å². The summed E-state index contributed by atoms with van der Waals surface area (Å²) in [6, 6.07) is 69.8. The van der Waals surface area contributed by atoms with Crippen molar-refractivity contribution in [2.24, 2.45) is 0 Å². The summed E-state index contributed by atoms with van der Waals surface area (Å²) in [6.45, 7) is 0. The maximum Gasteiger partial charge on any atom is 0.160 e. The Balaban J connectivity index is 1.03. The lowest BCUT2D eigenvalue weighted by Crippen LogP contribution is -1.96. The van der Waals surface area contributed by atoms with Crippen molar-refractivity contribution in [3.8, 4) is 56.2 Å². The molecule has 11 aromatic rings. The molecule has 0 aliphatic rings. The summed E-state index contributed by atoms with van der Waals surface area (Å²) in [6.07, 6.45) is 0. The summed E-state index contributed by atoms with van der Waals surface area (Å²) in [7, 11) is 0. The van der Waals surface area contributed by atoms with Gasteiger partial charge >= 0.3 is 0 Å². The van der Waals surface area contributed by atoms with Crippen molar-refractivity contribution in [2.45, 2.75) is 0 Å². The molecule has 0 saturated heterocycles. The third-order valence-electron chi connectivity index (χ3n) is 10.9. The number of hydrogen-bond donors (Lipinski definition) is 0. The molecule has 0 radical (unpaired) electrons. The van der Waals surface area contributed by atoms with E-state index in [0.29, 0.717) is 5.82 Å². The standard InChI is InChI=1S/C52H32N2S/c1-2-12-34(13-3-1)47-32-48(40-16-10-15-37(29-40)38-26-28-50-46(30-38)43-19-8-9-20-49(43)55-50)54-52(53-47)36-23-21-35(22-24-36)51-42-18-7-5-14-39(42)31-45-41-17-6-4-11-33(41)25-27-44(45)51/h1-32H. The van der Waals surface area contributed by atoms with E-state index in [0.717, 1.165) is 33.6 Å². The van der Waals surface area contributed by atoms with Crippen LogP contribution in [0.4, 0.5) is 0 Å². The largest absolute Gasteiger partial charge is 0.228 e. The number of aromatic nitrogens is 2. The molecule has 2 nitrogen and oxygen atoms in total. The summed E-state index contributed by atoms with van der Waals surface area (Å²) in [5.74, 6) is 0.702. The molecule has 0 aliphatic heterocycles. The number of fused-ring (bicyclic) bond motifs is 7. The molecule has 0 unspecified atom stereocenters. The van der Waals surface area contributed by atoms with Gasteiger partial charge in [0.15, 0.2) is 5.82 Å². The monoisotopic (exact) mass is 716 g/mol. The number of hydrogen-bond acceptors (Lipinski definition) is 3. The average Bonchev–Trinajstić information content (AvgIpc) is 3.64. The molecule has 55 heavy (non-hydrogen) atoms. The van der Waals surface area contributed by atoms with Gasteiger partial charge in [-0.25, -0.2) is 9.97 Å². The number of benzene rings is 9. The van der Waals surface area contributed by atoms with Crippen LogP contribution in [0.15, 0.2) is 194 Å². The van der Waals surface area contributed by atoms with Crippen LogP contribution in [0.5, 0.6) is 0 Å². The molecule has 0 aliphatic carbocycles. The van der Waals surface area contributed by atoms with Crippen molar-refractivity contribution >= 4 is 63.8 Å². The Morgan fingerprint density at radius 2 is 0.909 bits per heavy atom. The highest BCUT2D eigenvalue weighted by Crippen LogP contribution is 2.41. The molecule has 11 rings (SSSR count). The molecule has 0 saturated carbocycles. The van der Waals surface area contributed by atoms with Gasteiger partial charge in [0.05, 0.1) is 11.4 Å². The van der Waals surface area contributed by atoms with Crippen LogP contribution in [0.3, 0.4) is 0 Å². The van der Waals surface area contributed by atoms with E-state index in [4.69, 9.17) is 9.97 Å². The molecular weight excluding hydrogens is 685 g/mol. The highest BCUT2D eigenvalue weighted by atomic mass is 32.1. The van der Waals surface area contributed by atoms with Gasteiger partial charge in [0.1, 0.15) is 0 Å². The second-order valence-corrected chi connectivity index (χ2v) is 15.2. The van der Waals surface area contributed by atoms with Crippen LogP contribution in [0.25, 0.3) is 109 Å². The smallest absolute Gasteiger partial charge is 0.160 e. The Morgan fingerprint density at radius 3 is 1.76 bits per heavy atom. The summed E-state index contributed by atoms with van der Waals surface area (Å²) in [5.41, 5.74) is 9.65. The molecule has 2 heterocycles. The van der Waals surface area contributed by atoms with Crippen molar-refractivity contribution in [3.63, 3.8) is 0 Å². The molecule has 0 fully saturated rings. The van der Waals surface area contributed by atoms with Crippen LogP contribution < -0.4 is 0 Å². The highest BCUT2D eigenvalue weighted by Gasteiger charge is 2.15. The first-order valence-corrected chi connectivity index (χ1v) is 19.5. The van der Waals surface area contributed by atoms with Crippen molar-refractivity contribution in [1.82, 2.24) is 9.97 Å². The van der Waals surface area contributed by atoms with E-state index in [2.05, 4.69) is 188 Å². The minimum Gasteiger partial charge on any atom is -0.228 e. The topological polar surface area (TPSA) is 25.8 Å². The van der Waals surface area contributed by atoms with Crippen molar-refractivity contribution in [3.05, 3.63) is 194 Å². The SMILES string of the molecule is c1ccc(-c2cc(-c3cccc(-c4ccc5sc6ccccc6c5c4)c3)nc(-c3ccc(-c4c5ccccc5cc5c4ccc4ccccc45)cc3)n2)cc1. The zero-order valence-electron chi connectivity index (χ0n) is 29.8. The van der Waals surface area contributed by atoms with Gasteiger partial charge in [-0.3, -0.25) is 0 Å². The fraction of sp³-hybridized carbons (Fsp3) is 0. The summed E-state index contributed by atoms with van der Waals surface area (Å²) < 4.78 is 2.62. The van der Waals surface area contributed by atoms with E-state index in [-0.39, 0.29) is 0 Å². The number of nitrogens with zero attached hydrogens (tertiary/aromatic N) is 2. The van der Waals surface area contributed by atoms with Crippen molar-refractivity contribution in [2.75, 3.05) is 0 Å². The average molecular weight is 717 g/mol. The summed E-state index contributed by atoms with van der Waals surface area (Å²) in [4.78, 5) is 10.4. The van der Waals surface area contributed by atoms with Crippen LogP contribution >= 0.6 is 11.3 Å². The van der Waals surface area contributed by atoms with Crippen molar-refractivity contribution < 1.29 is 0 Å². The van der Waals surface area contributed by atoms with E-state index < -0.39 is 0 Å². The molecule has 0 spiro atoms. The van der Waals surface area contributed by atoms with E-state index in [1.54, 1.807) is 0 Å².